The Morgan fingerprint density at radius 1 is 1.14 bits per heavy atom. The smallest absolute Gasteiger partial charge is 0.253 e. The van der Waals surface area contributed by atoms with Gasteiger partial charge in [0.05, 0.1) is 11.9 Å². The van der Waals surface area contributed by atoms with Gasteiger partial charge in [-0.25, -0.2) is 8.42 Å². The van der Waals surface area contributed by atoms with Crippen LogP contribution in [0.5, 0.6) is 0 Å². The normalized spacial score (nSPS) is 16.4. The predicted molar refractivity (Wildman–Crippen MR) is 84.0 cm³/mol. The fraction of sp³-hybridized carbons (Fsp3) is 0.533. The molecule has 1 aliphatic heterocycles. The van der Waals surface area contributed by atoms with Crippen LogP contribution in [0.2, 0.25) is 0 Å². The van der Waals surface area contributed by atoms with Gasteiger partial charge in [0.2, 0.25) is 10.0 Å². The molecule has 116 valence electrons. The van der Waals surface area contributed by atoms with Crippen molar-refractivity contribution in [1.29, 1.82) is 0 Å². The highest BCUT2D eigenvalue weighted by Gasteiger charge is 2.18. The van der Waals surface area contributed by atoms with Gasteiger partial charge in [-0.3, -0.25) is 9.52 Å². The van der Waals surface area contributed by atoms with E-state index in [0.29, 0.717) is 11.3 Å². The van der Waals surface area contributed by atoms with Gasteiger partial charge >= 0.3 is 0 Å². The van der Waals surface area contributed by atoms with Crippen LogP contribution in [0.25, 0.3) is 0 Å². The molecule has 1 aliphatic rings. The summed E-state index contributed by atoms with van der Waals surface area (Å²) in [7, 11) is -3.35. The number of carbonyl (C=O) groups is 1. The van der Waals surface area contributed by atoms with Gasteiger partial charge in [-0.05, 0) is 37.5 Å². The monoisotopic (exact) mass is 310 g/mol. The molecule has 0 atom stereocenters. The SMILES string of the molecule is Cc1ccc(C(=O)N2CCCCCC2)cc1NS(C)(=O)=O. The molecule has 5 nitrogen and oxygen atoms in total. The molecule has 0 aromatic heterocycles. The largest absolute Gasteiger partial charge is 0.339 e. The molecule has 6 heteroatoms. The Labute approximate surface area is 126 Å². The van der Waals surface area contributed by atoms with Gasteiger partial charge in [-0.2, -0.15) is 0 Å². The number of carbonyl (C=O) groups excluding carboxylic acids is 1. The molecule has 0 radical (unpaired) electrons. The number of nitrogens with zero attached hydrogens (tertiary/aromatic N) is 1. The topological polar surface area (TPSA) is 66.5 Å². The van der Waals surface area contributed by atoms with E-state index in [1.54, 1.807) is 18.2 Å². The number of hydrogen-bond acceptors (Lipinski definition) is 3. The van der Waals surface area contributed by atoms with Crippen LogP contribution in [-0.2, 0) is 10.0 Å². The first kappa shape index (κ1) is 15.8. The molecule has 1 aromatic carbocycles. The lowest BCUT2D eigenvalue weighted by Gasteiger charge is -2.21. The number of likely N-dealkylation sites (tertiary alicyclic amines) is 1. The van der Waals surface area contributed by atoms with Gasteiger partial charge < -0.3 is 4.90 Å². The zero-order chi connectivity index (χ0) is 15.5. The van der Waals surface area contributed by atoms with Crippen LogP contribution < -0.4 is 4.72 Å². The molecule has 21 heavy (non-hydrogen) atoms. The summed E-state index contributed by atoms with van der Waals surface area (Å²) < 4.78 is 25.2. The molecule has 2 rings (SSSR count). The molecule has 0 bridgehead atoms. The molecule has 1 amide bonds. The second-order valence-electron chi connectivity index (χ2n) is 5.61. The maximum Gasteiger partial charge on any atom is 0.253 e. The molecule has 0 unspecified atom stereocenters. The molecule has 0 aliphatic carbocycles. The lowest BCUT2D eigenvalue weighted by molar-refractivity contribution is 0.0761. The third kappa shape index (κ3) is 4.46. The second-order valence-corrected chi connectivity index (χ2v) is 7.36. The number of anilines is 1. The van der Waals surface area contributed by atoms with Gasteiger partial charge in [-0.15, -0.1) is 0 Å². The van der Waals surface area contributed by atoms with Crippen molar-refractivity contribution >= 4 is 21.6 Å². The zero-order valence-electron chi connectivity index (χ0n) is 12.6. The van der Waals surface area contributed by atoms with Gasteiger partial charge in [-0.1, -0.05) is 18.9 Å². The summed E-state index contributed by atoms with van der Waals surface area (Å²) in [6.07, 6.45) is 5.50. The standard InChI is InChI=1S/C15H22N2O3S/c1-12-7-8-13(11-14(12)16-21(2,19)20)15(18)17-9-5-3-4-6-10-17/h7-8,11,16H,3-6,9-10H2,1-2H3. The summed E-state index contributed by atoms with van der Waals surface area (Å²) >= 11 is 0. The van der Waals surface area contributed by atoms with Crippen molar-refractivity contribution < 1.29 is 13.2 Å². The number of hydrogen-bond donors (Lipinski definition) is 1. The molecular weight excluding hydrogens is 288 g/mol. The van der Waals surface area contributed by atoms with E-state index in [0.717, 1.165) is 37.8 Å². The van der Waals surface area contributed by atoms with Gasteiger partial charge in [0.25, 0.3) is 5.91 Å². The van der Waals surface area contributed by atoms with Crippen molar-refractivity contribution in [2.75, 3.05) is 24.1 Å². The number of amides is 1. The molecule has 0 saturated carbocycles. The average Bonchev–Trinajstić information content (AvgIpc) is 2.68. The van der Waals surface area contributed by atoms with Crippen molar-refractivity contribution in [1.82, 2.24) is 4.90 Å². The number of aryl methyl sites for hydroxylation is 1. The molecule has 1 saturated heterocycles. The summed E-state index contributed by atoms with van der Waals surface area (Å²) in [5.41, 5.74) is 1.81. The molecule has 1 heterocycles. The summed E-state index contributed by atoms with van der Waals surface area (Å²) in [5.74, 6) is -0.0200. The minimum absolute atomic E-state index is 0.0200. The van der Waals surface area contributed by atoms with Gasteiger partial charge in [0, 0.05) is 18.7 Å². The number of benzene rings is 1. The number of rotatable bonds is 3. The molecular formula is C15H22N2O3S. The van der Waals surface area contributed by atoms with E-state index in [2.05, 4.69) is 4.72 Å². The Morgan fingerprint density at radius 2 is 1.76 bits per heavy atom. The molecule has 1 N–H and O–H groups in total. The van der Waals surface area contributed by atoms with Crippen molar-refractivity contribution in [2.24, 2.45) is 0 Å². The van der Waals surface area contributed by atoms with Gasteiger partial charge in [0.15, 0.2) is 0 Å². The third-order valence-electron chi connectivity index (χ3n) is 3.67. The van der Waals surface area contributed by atoms with E-state index in [-0.39, 0.29) is 5.91 Å². The lowest BCUT2D eigenvalue weighted by Crippen LogP contribution is -2.31. The van der Waals surface area contributed by atoms with Crippen LogP contribution in [0, 0.1) is 6.92 Å². The Morgan fingerprint density at radius 3 is 2.33 bits per heavy atom. The third-order valence-corrected chi connectivity index (χ3v) is 4.26. The van der Waals surface area contributed by atoms with Crippen LogP contribution >= 0.6 is 0 Å². The van der Waals surface area contributed by atoms with Crippen LogP contribution in [0.1, 0.15) is 41.6 Å². The summed E-state index contributed by atoms with van der Waals surface area (Å²) in [6.45, 7) is 3.37. The highest BCUT2D eigenvalue weighted by atomic mass is 32.2. The lowest BCUT2D eigenvalue weighted by atomic mass is 10.1. The first-order chi connectivity index (χ1) is 9.87. The Bertz CT molecular complexity index is 618. The first-order valence-electron chi connectivity index (χ1n) is 7.24. The summed E-state index contributed by atoms with van der Waals surface area (Å²) in [4.78, 5) is 14.4. The van der Waals surface area contributed by atoms with E-state index in [1.807, 2.05) is 11.8 Å². The van der Waals surface area contributed by atoms with E-state index in [4.69, 9.17) is 0 Å². The summed E-state index contributed by atoms with van der Waals surface area (Å²) in [5, 5.41) is 0. The number of sulfonamides is 1. The minimum atomic E-state index is -3.35. The van der Waals surface area contributed by atoms with Crippen LogP contribution in [0.4, 0.5) is 5.69 Å². The van der Waals surface area contributed by atoms with Crippen LogP contribution in [0.3, 0.4) is 0 Å². The second kappa shape index (κ2) is 6.47. The highest BCUT2D eigenvalue weighted by Crippen LogP contribution is 2.20. The summed E-state index contributed by atoms with van der Waals surface area (Å²) in [6, 6.07) is 5.16. The van der Waals surface area contributed by atoms with E-state index < -0.39 is 10.0 Å². The molecule has 0 spiro atoms. The first-order valence-corrected chi connectivity index (χ1v) is 9.14. The van der Waals surface area contributed by atoms with Crippen molar-refractivity contribution in [2.45, 2.75) is 32.6 Å². The molecule has 1 aromatic rings. The van der Waals surface area contributed by atoms with Crippen LogP contribution in [0.15, 0.2) is 18.2 Å². The fourth-order valence-corrected chi connectivity index (χ4v) is 3.14. The Hall–Kier alpha value is -1.56. The maximum atomic E-state index is 12.5. The quantitative estimate of drug-likeness (QED) is 0.932. The van der Waals surface area contributed by atoms with E-state index >= 15 is 0 Å². The van der Waals surface area contributed by atoms with Crippen LogP contribution in [-0.4, -0.2) is 38.6 Å². The van der Waals surface area contributed by atoms with Crippen molar-refractivity contribution in [3.63, 3.8) is 0 Å². The minimum Gasteiger partial charge on any atom is -0.339 e. The molecule has 1 fully saturated rings. The Balaban J connectivity index is 2.23. The highest BCUT2D eigenvalue weighted by molar-refractivity contribution is 7.92. The van der Waals surface area contributed by atoms with Crippen molar-refractivity contribution in [3.05, 3.63) is 29.3 Å². The zero-order valence-corrected chi connectivity index (χ0v) is 13.4. The maximum absolute atomic E-state index is 12.5. The van der Waals surface area contributed by atoms with Gasteiger partial charge in [0.1, 0.15) is 0 Å². The Kier molecular flexibility index (Phi) is 4.88. The van der Waals surface area contributed by atoms with E-state index in [1.165, 1.54) is 12.8 Å². The average molecular weight is 310 g/mol. The fourth-order valence-electron chi connectivity index (χ4n) is 2.52. The van der Waals surface area contributed by atoms with E-state index in [9.17, 15) is 13.2 Å². The number of nitrogens with one attached hydrogen (secondary N) is 1. The predicted octanol–water partition coefficient (Wildman–Crippen LogP) is 2.38. The van der Waals surface area contributed by atoms with Crippen molar-refractivity contribution in [3.8, 4) is 0 Å².